The van der Waals surface area contributed by atoms with Crippen molar-refractivity contribution in [3.8, 4) is 11.3 Å². The summed E-state index contributed by atoms with van der Waals surface area (Å²) in [4.78, 5) is 21.7. The SMILES string of the molecule is Cc1ccccc1Cn1cnc2cc(-c3cccc(NC(=O)Cc4ccccc4)n3)ccc21. The van der Waals surface area contributed by atoms with Gasteiger partial charge in [0, 0.05) is 12.1 Å². The van der Waals surface area contributed by atoms with E-state index in [-0.39, 0.29) is 5.91 Å². The zero-order valence-electron chi connectivity index (χ0n) is 18.4. The van der Waals surface area contributed by atoms with Crippen molar-refractivity contribution in [3.05, 3.63) is 114 Å². The van der Waals surface area contributed by atoms with Gasteiger partial charge in [-0.05, 0) is 47.9 Å². The number of hydrogen-bond donors (Lipinski definition) is 1. The van der Waals surface area contributed by atoms with E-state index in [1.807, 2.05) is 60.9 Å². The van der Waals surface area contributed by atoms with Gasteiger partial charge in [0.1, 0.15) is 5.82 Å². The fourth-order valence-electron chi connectivity index (χ4n) is 3.95. The van der Waals surface area contributed by atoms with Crippen molar-refractivity contribution >= 4 is 22.8 Å². The molecule has 0 aliphatic rings. The fourth-order valence-corrected chi connectivity index (χ4v) is 3.95. The molecule has 0 fully saturated rings. The summed E-state index contributed by atoms with van der Waals surface area (Å²) in [6, 6.07) is 29.9. The van der Waals surface area contributed by atoms with Crippen LogP contribution in [0.2, 0.25) is 0 Å². The van der Waals surface area contributed by atoms with Gasteiger partial charge in [0.05, 0.1) is 29.5 Å². The Kier molecular flexibility index (Phi) is 5.68. The molecule has 0 saturated heterocycles. The molecule has 1 N–H and O–H groups in total. The van der Waals surface area contributed by atoms with Crippen molar-refractivity contribution in [2.24, 2.45) is 0 Å². The summed E-state index contributed by atoms with van der Waals surface area (Å²) in [6.07, 6.45) is 2.20. The van der Waals surface area contributed by atoms with E-state index < -0.39 is 0 Å². The molecule has 2 aromatic heterocycles. The Morgan fingerprint density at radius 2 is 1.73 bits per heavy atom. The third kappa shape index (κ3) is 4.67. The summed E-state index contributed by atoms with van der Waals surface area (Å²) in [5.41, 5.74) is 7.27. The number of hydrogen-bond acceptors (Lipinski definition) is 3. The maximum atomic E-state index is 12.4. The first kappa shape index (κ1) is 20.6. The average molecular weight is 433 g/mol. The molecule has 0 unspecified atom stereocenters. The molecule has 0 aliphatic heterocycles. The summed E-state index contributed by atoms with van der Waals surface area (Å²) in [7, 11) is 0. The normalized spacial score (nSPS) is 10.9. The highest BCUT2D eigenvalue weighted by Crippen LogP contribution is 2.24. The minimum absolute atomic E-state index is 0.0868. The minimum atomic E-state index is -0.0868. The first-order chi connectivity index (χ1) is 16.2. The minimum Gasteiger partial charge on any atom is -0.326 e. The number of fused-ring (bicyclic) bond motifs is 1. The van der Waals surface area contributed by atoms with E-state index in [4.69, 9.17) is 0 Å². The van der Waals surface area contributed by atoms with Crippen LogP contribution in [0.15, 0.2) is 97.3 Å². The molecule has 0 radical (unpaired) electrons. The lowest BCUT2D eigenvalue weighted by molar-refractivity contribution is -0.115. The summed E-state index contributed by atoms with van der Waals surface area (Å²) < 4.78 is 2.16. The van der Waals surface area contributed by atoms with E-state index in [0.29, 0.717) is 12.2 Å². The molecule has 0 bridgehead atoms. The van der Waals surface area contributed by atoms with Crippen molar-refractivity contribution in [1.29, 1.82) is 0 Å². The van der Waals surface area contributed by atoms with Crippen molar-refractivity contribution in [2.75, 3.05) is 5.32 Å². The molecule has 5 nitrogen and oxygen atoms in total. The highest BCUT2D eigenvalue weighted by atomic mass is 16.1. The Bertz CT molecular complexity index is 1420. The highest BCUT2D eigenvalue weighted by Gasteiger charge is 2.09. The van der Waals surface area contributed by atoms with Crippen LogP contribution < -0.4 is 5.32 Å². The lowest BCUT2D eigenvalue weighted by Gasteiger charge is -2.09. The van der Waals surface area contributed by atoms with E-state index in [1.54, 1.807) is 0 Å². The Hall–Kier alpha value is -4.25. The quantitative estimate of drug-likeness (QED) is 0.378. The molecule has 1 amide bonds. The average Bonchev–Trinajstić information content (AvgIpc) is 3.23. The van der Waals surface area contributed by atoms with Crippen LogP contribution in [0.1, 0.15) is 16.7 Å². The van der Waals surface area contributed by atoms with Crippen molar-refractivity contribution in [3.63, 3.8) is 0 Å². The Morgan fingerprint density at radius 3 is 2.58 bits per heavy atom. The zero-order valence-corrected chi connectivity index (χ0v) is 18.4. The number of carbonyl (C=O) groups is 1. The van der Waals surface area contributed by atoms with Gasteiger partial charge >= 0.3 is 0 Å². The van der Waals surface area contributed by atoms with Crippen LogP contribution in [0.4, 0.5) is 5.82 Å². The van der Waals surface area contributed by atoms with E-state index in [9.17, 15) is 4.79 Å². The molecule has 5 aromatic rings. The number of benzene rings is 3. The van der Waals surface area contributed by atoms with Crippen LogP contribution in [0.3, 0.4) is 0 Å². The topological polar surface area (TPSA) is 59.8 Å². The van der Waals surface area contributed by atoms with Crippen LogP contribution >= 0.6 is 0 Å². The Morgan fingerprint density at radius 1 is 0.909 bits per heavy atom. The molecule has 3 aromatic carbocycles. The van der Waals surface area contributed by atoms with Gasteiger partial charge in [0.15, 0.2) is 0 Å². The second kappa shape index (κ2) is 9.09. The number of pyridine rings is 1. The summed E-state index contributed by atoms with van der Waals surface area (Å²) in [5, 5.41) is 2.90. The van der Waals surface area contributed by atoms with Gasteiger partial charge in [0.25, 0.3) is 0 Å². The Labute approximate surface area is 192 Å². The first-order valence-electron chi connectivity index (χ1n) is 11.0. The molecule has 5 rings (SSSR count). The van der Waals surface area contributed by atoms with Crippen LogP contribution in [-0.2, 0) is 17.8 Å². The summed E-state index contributed by atoms with van der Waals surface area (Å²) in [6.45, 7) is 2.91. The molecule has 2 heterocycles. The van der Waals surface area contributed by atoms with Gasteiger partial charge in [-0.25, -0.2) is 9.97 Å². The van der Waals surface area contributed by atoms with E-state index in [1.165, 1.54) is 11.1 Å². The predicted molar refractivity (Wildman–Crippen MR) is 132 cm³/mol. The monoisotopic (exact) mass is 432 g/mol. The van der Waals surface area contributed by atoms with E-state index >= 15 is 0 Å². The lowest BCUT2D eigenvalue weighted by atomic mass is 10.1. The summed E-state index contributed by atoms with van der Waals surface area (Å²) in [5.74, 6) is 0.454. The van der Waals surface area contributed by atoms with Crippen molar-refractivity contribution < 1.29 is 4.79 Å². The van der Waals surface area contributed by atoms with Crippen LogP contribution in [0.25, 0.3) is 22.3 Å². The lowest BCUT2D eigenvalue weighted by Crippen LogP contribution is -2.15. The molecule has 5 heteroatoms. The van der Waals surface area contributed by atoms with Crippen molar-refractivity contribution in [1.82, 2.24) is 14.5 Å². The van der Waals surface area contributed by atoms with Crippen LogP contribution in [-0.4, -0.2) is 20.4 Å². The van der Waals surface area contributed by atoms with Gasteiger partial charge in [-0.2, -0.15) is 0 Å². The highest BCUT2D eigenvalue weighted by molar-refractivity contribution is 5.91. The van der Waals surface area contributed by atoms with E-state index in [2.05, 4.69) is 63.2 Å². The fraction of sp³-hybridized carbons (Fsp3) is 0.107. The van der Waals surface area contributed by atoms with Crippen LogP contribution in [0.5, 0.6) is 0 Å². The van der Waals surface area contributed by atoms with Crippen LogP contribution in [0, 0.1) is 6.92 Å². The van der Waals surface area contributed by atoms with Crippen molar-refractivity contribution in [2.45, 2.75) is 19.9 Å². The first-order valence-corrected chi connectivity index (χ1v) is 11.0. The molecule has 33 heavy (non-hydrogen) atoms. The number of aromatic nitrogens is 3. The molecule has 0 saturated carbocycles. The molecule has 0 atom stereocenters. The summed E-state index contributed by atoms with van der Waals surface area (Å²) >= 11 is 0. The van der Waals surface area contributed by atoms with Gasteiger partial charge in [-0.15, -0.1) is 0 Å². The number of rotatable bonds is 6. The standard InChI is InChI=1S/C28H24N4O/c1-20-8-5-6-11-23(20)18-32-19-29-25-17-22(14-15-26(25)32)24-12-7-13-27(30-24)31-28(33)16-21-9-3-2-4-10-21/h2-15,17,19H,16,18H2,1H3,(H,30,31,33). The number of anilines is 1. The van der Waals surface area contributed by atoms with Gasteiger partial charge in [0.2, 0.25) is 5.91 Å². The maximum absolute atomic E-state index is 12.4. The number of carbonyl (C=O) groups excluding carboxylic acids is 1. The maximum Gasteiger partial charge on any atom is 0.229 e. The number of aryl methyl sites for hydroxylation is 1. The second-order valence-corrected chi connectivity index (χ2v) is 8.12. The zero-order chi connectivity index (χ0) is 22.6. The van der Waals surface area contributed by atoms with Gasteiger partial charge in [-0.3, -0.25) is 4.79 Å². The second-order valence-electron chi connectivity index (χ2n) is 8.12. The number of amides is 1. The predicted octanol–water partition coefficient (Wildman–Crippen LogP) is 5.64. The number of nitrogens with zero attached hydrogens (tertiary/aromatic N) is 3. The molecule has 162 valence electrons. The third-order valence-electron chi connectivity index (χ3n) is 5.74. The molecule has 0 spiro atoms. The molecular weight excluding hydrogens is 408 g/mol. The smallest absolute Gasteiger partial charge is 0.229 e. The molecule has 0 aliphatic carbocycles. The largest absolute Gasteiger partial charge is 0.326 e. The molecular formula is C28H24N4O. The number of imidazole rings is 1. The third-order valence-corrected chi connectivity index (χ3v) is 5.74. The number of nitrogens with one attached hydrogen (secondary N) is 1. The van der Waals surface area contributed by atoms with E-state index in [0.717, 1.165) is 34.4 Å². The van der Waals surface area contributed by atoms with Gasteiger partial charge < -0.3 is 9.88 Å². The Balaban J connectivity index is 1.35. The van der Waals surface area contributed by atoms with Gasteiger partial charge in [-0.1, -0.05) is 66.7 Å².